The molecule has 31 heavy (non-hydrogen) atoms. The summed E-state index contributed by atoms with van der Waals surface area (Å²) < 4.78 is 5.76. The molecule has 6 nitrogen and oxygen atoms in total. The average molecular weight is 538 g/mol. The molecule has 0 spiro atoms. The lowest BCUT2D eigenvalue weighted by Crippen LogP contribution is -2.52. The van der Waals surface area contributed by atoms with E-state index in [1.807, 2.05) is 31.3 Å². The van der Waals surface area contributed by atoms with Crippen LogP contribution in [0.5, 0.6) is 5.75 Å². The van der Waals surface area contributed by atoms with E-state index in [0.717, 1.165) is 76.8 Å². The summed E-state index contributed by atoms with van der Waals surface area (Å²) >= 11 is 0. The molecule has 170 valence electrons. The number of hydrogen-bond acceptors (Lipinski definition) is 4. The molecule has 0 radical (unpaired) electrons. The zero-order valence-electron chi connectivity index (χ0n) is 18.4. The smallest absolute Gasteiger partial charge is 0.193 e. The molecular weight excluding hydrogens is 503 g/mol. The van der Waals surface area contributed by atoms with Crippen LogP contribution >= 0.6 is 24.0 Å². The molecule has 0 bridgehead atoms. The van der Waals surface area contributed by atoms with Gasteiger partial charge in [-0.1, -0.05) is 42.5 Å². The van der Waals surface area contributed by atoms with Crippen molar-refractivity contribution in [2.45, 2.75) is 19.3 Å². The van der Waals surface area contributed by atoms with Gasteiger partial charge in [0.15, 0.2) is 5.96 Å². The number of piperazine rings is 1. The van der Waals surface area contributed by atoms with Crippen LogP contribution in [0, 0.1) is 0 Å². The molecule has 1 fully saturated rings. The topological polar surface area (TPSA) is 60.3 Å². The number of rotatable bonds is 9. The number of aliphatic imine (C=N–C) groups is 1. The number of ether oxygens (including phenoxy) is 1. The summed E-state index contributed by atoms with van der Waals surface area (Å²) in [4.78, 5) is 8.95. The molecule has 1 aliphatic heterocycles. The van der Waals surface area contributed by atoms with Crippen LogP contribution in [-0.4, -0.2) is 69.0 Å². The fourth-order valence-electron chi connectivity index (χ4n) is 3.69. The monoisotopic (exact) mass is 538 g/mol. The van der Waals surface area contributed by atoms with E-state index in [2.05, 4.69) is 44.4 Å². The van der Waals surface area contributed by atoms with E-state index in [1.54, 1.807) is 6.07 Å². The number of anilines is 1. The highest BCUT2D eigenvalue weighted by molar-refractivity contribution is 14.0. The van der Waals surface area contributed by atoms with Crippen LogP contribution in [0.1, 0.15) is 18.4 Å². The number of guanidine groups is 1. The molecule has 2 N–H and O–H groups in total. The Labute approximate surface area is 203 Å². The Hall–Kier alpha value is -2.00. The minimum absolute atomic E-state index is 0. The Bertz CT molecular complexity index is 780. The third-order valence-corrected chi connectivity index (χ3v) is 5.39. The van der Waals surface area contributed by atoms with Gasteiger partial charge in [0.05, 0.1) is 12.3 Å². The molecule has 0 aromatic heterocycles. The van der Waals surface area contributed by atoms with E-state index in [1.165, 1.54) is 5.56 Å². The van der Waals surface area contributed by atoms with Crippen molar-refractivity contribution in [3.8, 4) is 5.75 Å². The van der Waals surface area contributed by atoms with Crippen molar-refractivity contribution in [2.75, 3.05) is 57.9 Å². The van der Waals surface area contributed by atoms with Gasteiger partial charge in [0.2, 0.25) is 0 Å². The molecule has 1 aliphatic rings. The summed E-state index contributed by atoms with van der Waals surface area (Å²) in [6.45, 7) is 5.98. The zero-order chi connectivity index (χ0) is 21.0. The first-order chi connectivity index (χ1) is 14.8. The van der Waals surface area contributed by atoms with E-state index in [0.29, 0.717) is 5.75 Å². The summed E-state index contributed by atoms with van der Waals surface area (Å²) in [6.07, 6.45) is 3.07. The second-order valence-corrected chi connectivity index (χ2v) is 7.49. The van der Waals surface area contributed by atoms with Crippen LogP contribution in [0.25, 0.3) is 0 Å². The van der Waals surface area contributed by atoms with Crippen molar-refractivity contribution in [1.29, 1.82) is 0 Å². The van der Waals surface area contributed by atoms with Gasteiger partial charge in [-0.3, -0.25) is 4.99 Å². The van der Waals surface area contributed by atoms with Crippen molar-refractivity contribution in [3.05, 3.63) is 60.2 Å². The number of aromatic hydroxyl groups is 1. The molecule has 2 aromatic rings. The van der Waals surface area contributed by atoms with Gasteiger partial charge in [0.1, 0.15) is 5.75 Å². The van der Waals surface area contributed by atoms with Crippen LogP contribution in [-0.2, 0) is 11.2 Å². The molecule has 0 saturated carbocycles. The Kier molecular flexibility index (Phi) is 11.5. The minimum atomic E-state index is 0. The zero-order valence-corrected chi connectivity index (χ0v) is 20.7. The number of benzene rings is 2. The van der Waals surface area contributed by atoms with Gasteiger partial charge >= 0.3 is 0 Å². The van der Waals surface area contributed by atoms with Crippen LogP contribution in [0.15, 0.2) is 59.6 Å². The lowest BCUT2D eigenvalue weighted by molar-refractivity contribution is 0.133. The summed E-state index contributed by atoms with van der Waals surface area (Å²) in [5.41, 5.74) is 2.23. The van der Waals surface area contributed by atoms with E-state index < -0.39 is 0 Å². The Morgan fingerprint density at radius 3 is 2.39 bits per heavy atom. The van der Waals surface area contributed by atoms with Crippen molar-refractivity contribution in [2.24, 2.45) is 4.99 Å². The number of phenols is 1. The minimum Gasteiger partial charge on any atom is -0.506 e. The first-order valence-corrected chi connectivity index (χ1v) is 10.9. The predicted octanol–water partition coefficient (Wildman–Crippen LogP) is 3.75. The molecular formula is C24H35IN4O2. The standard InChI is InChI=1S/C24H34N4O2.HI/c1-25-24(26-14-7-8-19-30-20-13-21-9-3-2-4-10-21)28-17-15-27(16-18-28)22-11-5-6-12-23(22)29;/h2-6,9-12,29H,7-8,13-20H2,1H3,(H,25,26);1H. The molecule has 0 unspecified atom stereocenters. The Morgan fingerprint density at radius 2 is 1.68 bits per heavy atom. The van der Waals surface area contributed by atoms with Gasteiger partial charge < -0.3 is 25.0 Å². The molecule has 0 amide bonds. The van der Waals surface area contributed by atoms with Crippen LogP contribution < -0.4 is 10.2 Å². The number of nitrogens with one attached hydrogen (secondary N) is 1. The summed E-state index contributed by atoms with van der Waals surface area (Å²) in [5, 5.41) is 13.5. The van der Waals surface area contributed by atoms with Gasteiger partial charge in [0.25, 0.3) is 0 Å². The normalized spacial score (nSPS) is 14.3. The lowest BCUT2D eigenvalue weighted by Gasteiger charge is -2.37. The number of nitrogens with zero attached hydrogens (tertiary/aromatic N) is 3. The average Bonchev–Trinajstić information content (AvgIpc) is 2.79. The lowest BCUT2D eigenvalue weighted by atomic mass is 10.2. The molecule has 1 heterocycles. The number of halogens is 1. The second-order valence-electron chi connectivity index (χ2n) is 7.49. The summed E-state index contributed by atoms with van der Waals surface area (Å²) in [5.74, 6) is 1.30. The molecule has 7 heteroatoms. The molecule has 0 atom stereocenters. The Morgan fingerprint density at radius 1 is 0.968 bits per heavy atom. The largest absolute Gasteiger partial charge is 0.506 e. The van der Waals surface area contributed by atoms with E-state index in [-0.39, 0.29) is 24.0 Å². The maximum Gasteiger partial charge on any atom is 0.193 e. The highest BCUT2D eigenvalue weighted by Crippen LogP contribution is 2.27. The van der Waals surface area contributed by atoms with Gasteiger partial charge in [-0.2, -0.15) is 0 Å². The molecule has 0 aliphatic carbocycles. The fourth-order valence-corrected chi connectivity index (χ4v) is 3.69. The third-order valence-electron chi connectivity index (χ3n) is 5.39. The molecule has 3 rings (SSSR count). The third kappa shape index (κ3) is 8.22. The van der Waals surface area contributed by atoms with Gasteiger partial charge in [-0.15, -0.1) is 24.0 Å². The van der Waals surface area contributed by atoms with E-state index in [4.69, 9.17) is 4.74 Å². The highest BCUT2D eigenvalue weighted by atomic mass is 127. The SMILES string of the molecule is CN=C(NCCCCOCCc1ccccc1)N1CCN(c2ccccc2O)CC1.I. The van der Waals surface area contributed by atoms with Crippen molar-refractivity contribution in [3.63, 3.8) is 0 Å². The fraction of sp³-hybridized carbons (Fsp3) is 0.458. The van der Waals surface area contributed by atoms with Crippen molar-refractivity contribution < 1.29 is 9.84 Å². The summed E-state index contributed by atoms with van der Waals surface area (Å²) in [6, 6.07) is 18.0. The number of unbranched alkanes of at least 4 members (excludes halogenated alkanes) is 1. The predicted molar refractivity (Wildman–Crippen MR) is 139 cm³/mol. The van der Waals surface area contributed by atoms with Crippen molar-refractivity contribution >= 4 is 35.6 Å². The van der Waals surface area contributed by atoms with Gasteiger partial charge in [-0.25, -0.2) is 0 Å². The first kappa shape index (κ1) is 25.3. The Balaban J connectivity index is 0.00000341. The maximum absolute atomic E-state index is 10.1. The molecule has 2 aromatic carbocycles. The van der Waals surface area contributed by atoms with Gasteiger partial charge in [0, 0.05) is 46.4 Å². The second kappa shape index (κ2) is 14.1. The van der Waals surface area contributed by atoms with E-state index in [9.17, 15) is 5.11 Å². The van der Waals surface area contributed by atoms with E-state index >= 15 is 0 Å². The van der Waals surface area contributed by atoms with Crippen molar-refractivity contribution in [1.82, 2.24) is 10.2 Å². The highest BCUT2D eigenvalue weighted by Gasteiger charge is 2.21. The summed E-state index contributed by atoms with van der Waals surface area (Å²) in [7, 11) is 1.84. The first-order valence-electron chi connectivity index (χ1n) is 10.9. The maximum atomic E-state index is 10.1. The van der Waals surface area contributed by atoms with Gasteiger partial charge in [-0.05, 0) is 37.0 Å². The van der Waals surface area contributed by atoms with Crippen LogP contribution in [0.2, 0.25) is 0 Å². The number of para-hydroxylation sites is 2. The quantitative estimate of drug-likeness (QED) is 0.221. The van der Waals surface area contributed by atoms with Crippen LogP contribution in [0.3, 0.4) is 0 Å². The number of phenolic OH excluding ortho intramolecular Hbond substituents is 1. The number of hydrogen-bond donors (Lipinski definition) is 2. The molecule has 1 saturated heterocycles. The van der Waals surface area contributed by atoms with Crippen LogP contribution in [0.4, 0.5) is 5.69 Å².